The molecule has 2 aromatic carbocycles. The van der Waals surface area contributed by atoms with Gasteiger partial charge >= 0.3 is 37.4 Å². The van der Waals surface area contributed by atoms with Gasteiger partial charge in [-0.3, -0.25) is 9.36 Å². The van der Waals surface area contributed by atoms with Crippen LogP contribution in [-0.4, -0.2) is 37.0 Å². The van der Waals surface area contributed by atoms with Crippen molar-refractivity contribution in [3.63, 3.8) is 0 Å². The number of benzene rings is 2. The number of rotatable bonds is 5. The van der Waals surface area contributed by atoms with Gasteiger partial charge in [0.1, 0.15) is 5.75 Å². The van der Waals surface area contributed by atoms with Crippen LogP contribution in [0.25, 0.3) is 0 Å². The predicted molar refractivity (Wildman–Crippen MR) is 94.5 cm³/mol. The maximum absolute atomic E-state index is 12.8. The Labute approximate surface area is 179 Å². The molecule has 1 N–H and O–H groups in total. The molecule has 0 saturated carbocycles. The van der Waals surface area contributed by atoms with Crippen LogP contribution in [0.15, 0.2) is 42.5 Å². The summed E-state index contributed by atoms with van der Waals surface area (Å²) in [7, 11) is -5.06. The number of carbonyl (C=O) groups excluding carboxylic acids is 1. The van der Waals surface area contributed by atoms with E-state index in [-0.39, 0.29) is 46.7 Å². The Morgan fingerprint density at radius 2 is 1.81 bits per heavy atom. The predicted octanol–water partition coefficient (Wildman–Crippen LogP) is -1.09. The van der Waals surface area contributed by atoms with Crippen LogP contribution >= 0.6 is 7.82 Å². The Balaban J connectivity index is 0.00000261. The summed E-state index contributed by atoms with van der Waals surface area (Å²) in [6.07, 6.45) is 0. The van der Waals surface area contributed by atoms with Crippen molar-refractivity contribution in [2.75, 3.05) is 31.2 Å². The number of aryl methyl sites for hydroxylation is 1. The van der Waals surface area contributed by atoms with Crippen molar-refractivity contribution in [3.05, 3.63) is 59.2 Å². The van der Waals surface area contributed by atoms with Crippen molar-refractivity contribution in [3.8, 4) is 5.75 Å². The first-order valence-electron chi connectivity index (χ1n) is 8.15. The fourth-order valence-corrected chi connectivity index (χ4v) is 3.18. The fourth-order valence-electron chi connectivity index (χ4n) is 2.78. The molecule has 0 aliphatic carbocycles. The second-order valence-corrected chi connectivity index (χ2v) is 7.15. The van der Waals surface area contributed by atoms with Crippen LogP contribution in [0.2, 0.25) is 0 Å². The first-order valence-corrected chi connectivity index (χ1v) is 9.64. The molecule has 7 nitrogen and oxygen atoms in total. The molecule has 27 heavy (non-hydrogen) atoms. The molecular weight excluding hydrogens is 380 g/mol. The molecule has 1 aliphatic rings. The van der Waals surface area contributed by atoms with Gasteiger partial charge in [0.15, 0.2) is 5.78 Å². The minimum atomic E-state index is -5.06. The van der Waals surface area contributed by atoms with Gasteiger partial charge in [-0.1, -0.05) is 29.8 Å². The number of ether oxygens (including phenoxy) is 1. The minimum Gasteiger partial charge on any atom is -0.746 e. The second-order valence-electron chi connectivity index (χ2n) is 6.03. The summed E-state index contributed by atoms with van der Waals surface area (Å²) >= 11 is 0. The first kappa shape index (κ1) is 22.1. The Hall–Kier alpha value is -1.18. The van der Waals surface area contributed by atoms with Gasteiger partial charge in [0.2, 0.25) is 0 Å². The molecule has 0 amide bonds. The summed E-state index contributed by atoms with van der Waals surface area (Å²) in [4.78, 5) is 35.1. The molecule has 1 aliphatic heterocycles. The molecule has 0 aromatic heterocycles. The quantitative estimate of drug-likeness (QED) is 0.387. The van der Waals surface area contributed by atoms with Crippen molar-refractivity contribution in [2.45, 2.75) is 6.92 Å². The van der Waals surface area contributed by atoms with Crippen molar-refractivity contribution >= 4 is 19.3 Å². The van der Waals surface area contributed by atoms with E-state index in [1.54, 1.807) is 30.3 Å². The zero-order valence-corrected chi connectivity index (χ0v) is 18.1. The zero-order chi connectivity index (χ0) is 18.7. The number of ketones is 1. The Morgan fingerprint density at radius 1 is 1.19 bits per heavy atom. The van der Waals surface area contributed by atoms with E-state index < -0.39 is 7.82 Å². The summed E-state index contributed by atoms with van der Waals surface area (Å²) in [5.41, 5.74) is 2.16. The molecule has 9 heteroatoms. The third kappa shape index (κ3) is 5.90. The minimum absolute atomic E-state index is 0. The van der Waals surface area contributed by atoms with E-state index in [4.69, 9.17) is 14.2 Å². The van der Waals surface area contributed by atoms with Crippen molar-refractivity contribution in [2.24, 2.45) is 0 Å². The molecule has 1 heterocycles. The summed E-state index contributed by atoms with van der Waals surface area (Å²) in [6.45, 7) is 4.29. The number of hydrogen-bond acceptors (Lipinski definition) is 6. The number of hydrogen-bond donors (Lipinski definition) is 1. The maximum atomic E-state index is 12.8. The van der Waals surface area contributed by atoms with Crippen molar-refractivity contribution < 1.29 is 58.0 Å². The summed E-state index contributed by atoms with van der Waals surface area (Å²) in [5.74, 6) is -0.581. The molecule has 0 bridgehead atoms. The number of anilines is 1. The van der Waals surface area contributed by atoms with Gasteiger partial charge in [0, 0.05) is 30.4 Å². The molecule has 1 unspecified atom stereocenters. The van der Waals surface area contributed by atoms with Crippen LogP contribution in [0, 0.1) is 6.92 Å². The number of phosphoric acid groups is 1. The van der Waals surface area contributed by atoms with E-state index in [0.717, 1.165) is 5.56 Å². The molecule has 1 saturated heterocycles. The second kappa shape index (κ2) is 9.34. The van der Waals surface area contributed by atoms with Crippen LogP contribution in [0.3, 0.4) is 0 Å². The molecule has 1 fully saturated rings. The standard InChI is InChI=1S/C18H20NO6P.Na/c1-13-2-4-14(5-3-13)18(20)16-7-6-15(19-8-10-24-11-9-19)12-17(16)25-26(21,22)23;/h2-7,12H,8-11H2,1H3,(H2,21,22,23);/q;+1/p-1. The molecule has 0 spiro atoms. The van der Waals surface area contributed by atoms with Gasteiger partial charge < -0.3 is 23.9 Å². The van der Waals surface area contributed by atoms with Crippen LogP contribution in [0.5, 0.6) is 5.75 Å². The van der Waals surface area contributed by atoms with Crippen LogP contribution < -0.4 is 43.9 Å². The van der Waals surface area contributed by atoms with E-state index in [1.807, 2.05) is 11.8 Å². The molecular formula is C18H19NNaO6P. The Morgan fingerprint density at radius 3 is 2.41 bits per heavy atom. The summed E-state index contributed by atoms with van der Waals surface area (Å²) in [6, 6.07) is 11.6. The van der Waals surface area contributed by atoms with E-state index in [2.05, 4.69) is 0 Å². The average molecular weight is 399 g/mol. The van der Waals surface area contributed by atoms with Gasteiger partial charge in [0.25, 0.3) is 0 Å². The smallest absolute Gasteiger partial charge is 0.746 e. The van der Waals surface area contributed by atoms with E-state index in [0.29, 0.717) is 37.6 Å². The number of carbonyl (C=O) groups is 1. The van der Waals surface area contributed by atoms with Crippen molar-refractivity contribution in [1.82, 2.24) is 0 Å². The Kier molecular flexibility index (Phi) is 7.65. The third-order valence-electron chi connectivity index (χ3n) is 4.11. The molecule has 2 aromatic rings. The van der Waals surface area contributed by atoms with Gasteiger partial charge in [0.05, 0.1) is 18.8 Å². The van der Waals surface area contributed by atoms with Gasteiger partial charge in [-0.25, -0.2) is 0 Å². The number of morpholine rings is 1. The van der Waals surface area contributed by atoms with Crippen LogP contribution in [0.4, 0.5) is 5.69 Å². The van der Waals surface area contributed by atoms with Crippen LogP contribution in [-0.2, 0) is 9.30 Å². The van der Waals surface area contributed by atoms with Crippen molar-refractivity contribution in [1.29, 1.82) is 0 Å². The molecule has 138 valence electrons. The number of phosphoric ester groups is 1. The monoisotopic (exact) mass is 399 g/mol. The van der Waals surface area contributed by atoms with E-state index >= 15 is 0 Å². The Bertz CT molecular complexity index is 845. The largest absolute Gasteiger partial charge is 1.00 e. The third-order valence-corrected chi connectivity index (χ3v) is 4.54. The number of nitrogens with zero attached hydrogens (tertiary/aromatic N) is 1. The molecule has 0 radical (unpaired) electrons. The fraction of sp³-hybridized carbons (Fsp3) is 0.278. The van der Waals surface area contributed by atoms with E-state index in [1.165, 1.54) is 12.1 Å². The normalized spacial score (nSPS) is 16.2. The average Bonchev–Trinajstić information content (AvgIpc) is 2.61. The van der Waals surface area contributed by atoms with E-state index in [9.17, 15) is 14.3 Å². The SMILES string of the molecule is Cc1ccc(C(=O)c2ccc(N3CCOCC3)cc2OP(=O)([O-])O)cc1.[Na+]. The van der Waals surface area contributed by atoms with Gasteiger partial charge in [-0.2, -0.15) is 0 Å². The van der Waals surface area contributed by atoms with Gasteiger partial charge in [-0.15, -0.1) is 0 Å². The summed E-state index contributed by atoms with van der Waals surface area (Å²) in [5, 5.41) is 0. The molecule has 3 rings (SSSR count). The topological polar surface area (TPSA) is 99.1 Å². The zero-order valence-electron chi connectivity index (χ0n) is 15.3. The van der Waals surface area contributed by atoms with Crippen LogP contribution in [0.1, 0.15) is 21.5 Å². The van der Waals surface area contributed by atoms with Gasteiger partial charge in [-0.05, 0) is 19.1 Å². The molecule has 1 atom stereocenters. The maximum Gasteiger partial charge on any atom is 1.00 e. The summed E-state index contributed by atoms with van der Waals surface area (Å²) < 4.78 is 21.3. The first-order chi connectivity index (χ1) is 12.3.